The number of phenolic OH excluding ortho intramolecular Hbond substituents is 1. The largest absolute Gasteiger partial charge is 0.505 e. The summed E-state index contributed by atoms with van der Waals surface area (Å²) in [5.41, 5.74) is 4.68. The first-order valence-corrected chi connectivity index (χ1v) is 13.2. The summed E-state index contributed by atoms with van der Waals surface area (Å²) in [7, 11) is 0. The first-order valence-electron chi connectivity index (χ1n) is 13.2. The molecule has 0 fully saturated rings. The zero-order valence-electron chi connectivity index (χ0n) is 24.5. The number of nitrogens with two attached hydrogens (primary N) is 1. The van der Waals surface area contributed by atoms with Gasteiger partial charge in [0.05, 0.1) is 5.56 Å². The molecule has 1 amide bonds. The van der Waals surface area contributed by atoms with Crippen LogP contribution in [0.3, 0.4) is 0 Å². The van der Waals surface area contributed by atoms with E-state index in [0.29, 0.717) is 23.8 Å². The van der Waals surface area contributed by atoms with E-state index in [1.165, 1.54) is 11.6 Å². The number of halogens is 10. The summed E-state index contributed by atoms with van der Waals surface area (Å²) >= 11 is 0. The van der Waals surface area contributed by atoms with Gasteiger partial charge >= 0.3 is 18.7 Å². The van der Waals surface area contributed by atoms with Gasteiger partial charge < -0.3 is 15.6 Å². The van der Waals surface area contributed by atoms with Crippen molar-refractivity contribution in [1.82, 2.24) is 0 Å². The standard InChI is InChI=1S/C15H10F6O2.C8H5F4NO.C7H8.C2H6/c16-10-4-9(3-8-1-2-12(17)13(22)6-8)5-11(7-10)23-15(20,21)14(18)19;9-6-2-1-4(7(13)14)3-5(6)8(10,11)12;1-7-5-3-2-4-6-7;1-2/h1-2,4-7,14,22H,3H2;1-3H,(H2,13,14);2-6H,1H3;1-2H3. The number of aryl methyl sites for hydroxylation is 1. The van der Waals surface area contributed by atoms with Crippen LogP contribution in [0.1, 0.15) is 46.5 Å². The van der Waals surface area contributed by atoms with Crippen molar-refractivity contribution in [2.45, 2.75) is 45.9 Å². The minimum Gasteiger partial charge on any atom is -0.505 e. The number of rotatable bonds is 6. The first kappa shape index (κ1) is 39.3. The number of carbonyl (C=O) groups is 1. The Morgan fingerprint density at radius 2 is 1.39 bits per heavy atom. The van der Waals surface area contributed by atoms with Crippen LogP contribution in [0.15, 0.2) is 84.9 Å². The lowest BCUT2D eigenvalue weighted by Crippen LogP contribution is -2.33. The van der Waals surface area contributed by atoms with Crippen LogP contribution >= 0.6 is 0 Å². The second kappa shape index (κ2) is 17.7. The highest BCUT2D eigenvalue weighted by Gasteiger charge is 2.44. The number of alkyl halides is 7. The van der Waals surface area contributed by atoms with E-state index in [1.54, 1.807) is 0 Å². The molecule has 0 saturated carbocycles. The summed E-state index contributed by atoms with van der Waals surface area (Å²) < 4.78 is 129. The normalized spacial score (nSPS) is 10.8. The van der Waals surface area contributed by atoms with Crippen molar-refractivity contribution in [1.29, 1.82) is 0 Å². The summed E-state index contributed by atoms with van der Waals surface area (Å²) in [5.74, 6) is -5.67. The Morgan fingerprint density at radius 1 is 0.804 bits per heavy atom. The number of hydrogen-bond acceptors (Lipinski definition) is 3. The fourth-order valence-corrected chi connectivity index (χ4v) is 3.32. The van der Waals surface area contributed by atoms with Gasteiger partial charge in [-0.2, -0.15) is 30.7 Å². The second-order valence-electron chi connectivity index (χ2n) is 8.93. The highest BCUT2D eigenvalue weighted by Crippen LogP contribution is 2.32. The van der Waals surface area contributed by atoms with E-state index in [-0.39, 0.29) is 17.5 Å². The molecule has 0 atom stereocenters. The molecule has 0 aliphatic carbocycles. The third-order valence-electron chi connectivity index (χ3n) is 5.35. The number of carbonyl (C=O) groups excluding carboxylic acids is 1. The van der Waals surface area contributed by atoms with Crippen molar-refractivity contribution in [2.24, 2.45) is 5.73 Å². The number of primary amides is 1. The zero-order valence-corrected chi connectivity index (χ0v) is 24.5. The first-order chi connectivity index (χ1) is 21.4. The monoisotopic (exact) mass is 665 g/mol. The van der Waals surface area contributed by atoms with E-state index < -0.39 is 59.1 Å². The Bertz CT molecular complexity index is 1550. The third-order valence-corrected chi connectivity index (χ3v) is 5.35. The van der Waals surface area contributed by atoms with Gasteiger partial charge in [-0.05, 0) is 66.9 Å². The van der Waals surface area contributed by atoms with Crippen molar-refractivity contribution >= 4 is 5.91 Å². The van der Waals surface area contributed by atoms with Gasteiger partial charge in [-0.3, -0.25) is 4.79 Å². The average Bonchev–Trinajstić information content (AvgIpc) is 2.96. The molecule has 0 aliphatic rings. The molecule has 4 aromatic rings. The zero-order chi connectivity index (χ0) is 35.2. The quantitative estimate of drug-likeness (QED) is 0.202. The SMILES string of the molecule is CC.Cc1ccccc1.NC(=O)c1ccc(F)c(C(F)(F)F)c1.Oc1cc(Cc2cc(F)cc(OC(F)(F)C(F)F)c2)ccc1F. The maximum atomic E-state index is 13.4. The number of phenols is 1. The summed E-state index contributed by atoms with van der Waals surface area (Å²) in [6.45, 7) is 6.08. The van der Waals surface area contributed by atoms with Crippen LogP contribution in [0.2, 0.25) is 0 Å². The Morgan fingerprint density at radius 3 is 1.87 bits per heavy atom. The summed E-state index contributed by atoms with van der Waals surface area (Å²) in [6.07, 6.45) is -13.7. The lowest BCUT2D eigenvalue weighted by atomic mass is 10.0. The lowest BCUT2D eigenvalue weighted by molar-refractivity contribution is -0.253. The van der Waals surface area contributed by atoms with Crippen LogP contribution < -0.4 is 10.5 Å². The predicted molar refractivity (Wildman–Crippen MR) is 151 cm³/mol. The molecule has 0 heterocycles. The molecular weight excluding hydrogens is 636 g/mol. The minimum absolute atomic E-state index is 0.0534. The van der Waals surface area contributed by atoms with Crippen LogP contribution in [0.5, 0.6) is 11.5 Å². The molecule has 0 unspecified atom stereocenters. The summed E-state index contributed by atoms with van der Waals surface area (Å²) in [4.78, 5) is 10.5. The fraction of sp³-hybridized carbons (Fsp3) is 0.219. The van der Waals surface area contributed by atoms with E-state index in [2.05, 4.69) is 23.8 Å². The summed E-state index contributed by atoms with van der Waals surface area (Å²) in [5, 5.41) is 9.24. The molecule has 0 aromatic heterocycles. The number of aromatic hydroxyl groups is 1. The molecule has 0 aliphatic heterocycles. The van der Waals surface area contributed by atoms with Gasteiger partial charge in [-0.25, -0.2) is 13.2 Å². The fourth-order valence-electron chi connectivity index (χ4n) is 3.32. The van der Waals surface area contributed by atoms with Crippen molar-refractivity contribution in [2.75, 3.05) is 0 Å². The highest BCUT2D eigenvalue weighted by molar-refractivity contribution is 5.92. The molecule has 0 bridgehead atoms. The third kappa shape index (κ3) is 13.1. The van der Waals surface area contributed by atoms with Crippen LogP contribution in [0, 0.1) is 24.4 Å². The Balaban J connectivity index is 0.000000387. The Labute approximate surface area is 258 Å². The molecule has 3 N–H and O–H groups in total. The van der Waals surface area contributed by atoms with E-state index >= 15 is 0 Å². The Kier molecular flexibility index (Phi) is 15.1. The van der Waals surface area contributed by atoms with Gasteiger partial charge in [0.25, 0.3) is 0 Å². The molecule has 0 radical (unpaired) electrons. The van der Waals surface area contributed by atoms with Crippen molar-refractivity contribution in [3.8, 4) is 11.5 Å². The van der Waals surface area contributed by atoms with Crippen LogP contribution in [0.4, 0.5) is 43.9 Å². The minimum atomic E-state index is -4.82. The molecule has 0 saturated heterocycles. The smallest absolute Gasteiger partial charge is 0.461 e. The van der Waals surface area contributed by atoms with Crippen LogP contribution in [0.25, 0.3) is 0 Å². The topological polar surface area (TPSA) is 72.6 Å². The van der Waals surface area contributed by atoms with Gasteiger partial charge in [0, 0.05) is 11.6 Å². The molecular formula is C32H29F10NO3. The van der Waals surface area contributed by atoms with Gasteiger partial charge in [-0.15, -0.1) is 0 Å². The maximum absolute atomic E-state index is 13.4. The van der Waals surface area contributed by atoms with Crippen molar-refractivity contribution < 1.29 is 58.5 Å². The van der Waals surface area contributed by atoms with E-state index in [1.807, 2.05) is 32.0 Å². The predicted octanol–water partition coefficient (Wildman–Crippen LogP) is 9.46. The Hall–Kier alpha value is -4.75. The summed E-state index contributed by atoms with van der Waals surface area (Å²) in [6, 6.07) is 17.9. The molecule has 0 spiro atoms. The number of hydrogen-bond donors (Lipinski definition) is 2. The molecule has 250 valence electrons. The average molecular weight is 666 g/mol. The van der Waals surface area contributed by atoms with E-state index in [0.717, 1.165) is 30.3 Å². The molecule has 4 nitrogen and oxygen atoms in total. The molecule has 4 aromatic carbocycles. The number of ether oxygens (including phenoxy) is 1. The van der Waals surface area contributed by atoms with Crippen molar-refractivity contribution in [3.63, 3.8) is 0 Å². The second-order valence-corrected chi connectivity index (χ2v) is 8.93. The number of benzene rings is 4. The van der Waals surface area contributed by atoms with E-state index in [4.69, 9.17) is 5.73 Å². The van der Waals surface area contributed by atoms with Crippen LogP contribution in [-0.2, 0) is 12.6 Å². The molecule has 46 heavy (non-hydrogen) atoms. The van der Waals surface area contributed by atoms with E-state index in [9.17, 15) is 53.8 Å². The molecule has 14 heteroatoms. The van der Waals surface area contributed by atoms with Crippen LogP contribution in [-0.4, -0.2) is 23.5 Å². The number of amides is 1. The lowest BCUT2D eigenvalue weighted by Gasteiger charge is -2.17. The van der Waals surface area contributed by atoms with Crippen molar-refractivity contribution in [3.05, 3.63) is 130 Å². The highest BCUT2D eigenvalue weighted by atomic mass is 19.4. The van der Waals surface area contributed by atoms with Gasteiger partial charge in [0.15, 0.2) is 11.6 Å². The van der Waals surface area contributed by atoms with Gasteiger partial charge in [0.2, 0.25) is 5.91 Å². The maximum Gasteiger partial charge on any atom is 0.461 e. The molecule has 4 rings (SSSR count). The van der Waals surface area contributed by atoms with Gasteiger partial charge in [-0.1, -0.05) is 55.8 Å². The van der Waals surface area contributed by atoms with Gasteiger partial charge in [0.1, 0.15) is 17.4 Å².